The average molecular weight is 392 g/mol. The Bertz CT molecular complexity index is 1180. The van der Waals surface area contributed by atoms with Crippen molar-refractivity contribution in [2.45, 2.75) is 6.92 Å². The Kier molecular flexibility index (Phi) is 4.38. The number of para-hydroxylation sites is 1. The molecule has 146 valence electrons. The Morgan fingerprint density at radius 1 is 0.966 bits per heavy atom. The van der Waals surface area contributed by atoms with Crippen LogP contribution in [0.4, 0.5) is 5.69 Å². The zero-order chi connectivity index (χ0) is 20.7. The molecule has 29 heavy (non-hydrogen) atoms. The first kappa shape index (κ1) is 18.4. The highest BCUT2D eigenvalue weighted by atomic mass is 16.5. The molecule has 0 fully saturated rings. The van der Waals surface area contributed by atoms with Crippen LogP contribution < -0.4 is 4.90 Å². The van der Waals surface area contributed by atoms with Crippen molar-refractivity contribution >= 4 is 35.0 Å². The predicted octanol–water partition coefficient (Wildman–Crippen LogP) is 2.70. The van der Waals surface area contributed by atoms with E-state index in [1.54, 1.807) is 37.3 Å². The van der Waals surface area contributed by atoms with Crippen LogP contribution in [0.25, 0.3) is 5.52 Å². The quantitative estimate of drug-likeness (QED) is 0.501. The van der Waals surface area contributed by atoms with Crippen LogP contribution in [0, 0.1) is 0 Å². The van der Waals surface area contributed by atoms with Gasteiger partial charge in [-0.2, -0.15) is 0 Å². The van der Waals surface area contributed by atoms with Crippen LogP contribution >= 0.6 is 0 Å². The van der Waals surface area contributed by atoms with E-state index in [1.165, 1.54) is 29.8 Å². The van der Waals surface area contributed by atoms with Gasteiger partial charge in [0.25, 0.3) is 11.8 Å². The second-order valence-electron chi connectivity index (χ2n) is 6.26. The fraction of sp³-hybridized carbons (Fsp3) is 0.143. The molecule has 4 rings (SSSR count). The fourth-order valence-electron chi connectivity index (χ4n) is 3.45. The molecule has 0 unspecified atom stereocenters. The van der Waals surface area contributed by atoms with E-state index in [0.29, 0.717) is 5.69 Å². The number of amides is 2. The predicted molar refractivity (Wildman–Crippen MR) is 102 cm³/mol. The largest absolute Gasteiger partial charge is 0.465 e. The standard InChI is InChI=1S/C21H16N2O6/c1-3-29-21(27)17-16-15(14-11-12(20(26)28-2)9-10-22(14)17)18(24)23(19(16)25)13-7-5-4-6-8-13/h4-11H,3H2,1-2H3. The van der Waals surface area contributed by atoms with Crippen LogP contribution in [0.3, 0.4) is 0 Å². The van der Waals surface area contributed by atoms with Crippen LogP contribution in [0.1, 0.15) is 48.5 Å². The highest BCUT2D eigenvalue weighted by Gasteiger charge is 2.44. The number of benzene rings is 1. The number of aromatic nitrogens is 1. The number of fused-ring (bicyclic) bond motifs is 3. The van der Waals surface area contributed by atoms with Crippen molar-refractivity contribution in [1.29, 1.82) is 0 Å². The maximum Gasteiger partial charge on any atom is 0.356 e. The maximum absolute atomic E-state index is 13.2. The Morgan fingerprint density at radius 3 is 2.31 bits per heavy atom. The summed E-state index contributed by atoms with van der Waals surface area (Å²) in [5, 5.41) is 0. The van der Waals surface area contributed by atoms with Gasteiger partial charge in [-0.3, -0.25) is 9.59 Å². The highest BCUT2D eigenvalue weighted by molar-refractivity contribution is 6.38. The molecule has 0 radical (unpaired) electrons. The summed E-state index contributed by atoms with van der Waals surface area (Å²) in [6, 6.07) is 11.3. The molecule has 1 aliphatic rings. The lowest BCUT2D eigenvalue weighted by atomic mass is 10.1. The highest BCUT2D eigenvalue weighted by Crippen LogP contribution is 2.35. The zero-order valence-electron chi connectivity index (χ0n) is 15.7. The SMILES string of the molecule is CCOC(=O)c1c2c(c3cc(C(=O)OC)ccn13)C(=O)N(c1ccccc1)C2=O. The summed E-state index contributed by atoms with van der Waals surface area (Å²) in [6.45, 7) is 1.75. The van der Waals surface area contributed by atoms with E-state index in [1.807, 2.05) is 0 Å². The zero-order valence-corrected chi connectivity index (χ0v) is 15.7. The molecule has 0 spiro atoms. The summed E-state index contributed by atoms with van der Waals surface area (Å²) in [7, 11) is 1.24. The molecule has 3 aromatic rings. The normalized spacial score (nSPS) is 13.0. The molecule has 3 heterocycles. The molecule has 1 aliphatic heterocycles. The van der Waals surface area contributed by atoms with Gasteiger partial charge in [-0.25, -0.2) is 14.5 Å². The van der Waals surface area contributed by atoms with Crippen molar-refractivity contribution < 1.29 is 28.7 Å². The van der Waals surface area contributed by atoms with Gasteiger partial charge in [0.05, 0.1) is 41.6 Å². The number of rotatable bonds is 4. The van der Waals surface area contributed by atoms with Crippen molar-refractivity contribution in [2.75, 3.05) is 18.6 Å². The van der Waals surface area contributed by atoms with Crippen molar-refractivity contribution in [2.24, 2.45) is 0 Å². The van der Waals surface area contributed by atoms with Gasteiger partial charge in [-0.05, 0) is 31.2 Å². The number of pyridine rings is 1. The first-order chi connectivity index (χ1) is 14.0. The van der Waals surface area contributed by atoms with Gasteiger partial charge in [0.1, 0.15) is 5.69 Å². The molecule has 0 atom stereocenters. The molecular weight excluding hydrogens is 376 g/mol. The van der Waals surface area contributed by atoms with Gasteiger partial charge < -0.3 is 13.9 Å². The third kappa shape index (κ3) is 2.68. The smallest absolute Gasteiger partial charge is 0.356 e. The Morgan fingerprint density at radius 2 is 1.66 bits per heavy atom. The van der Waals surface area contributed by atoms with E-state index in [9.17, 15) is 19.2 Å². The summed E-state index contributed by atoms with van der Waals surface area (Å²) in [5.41, 5.74) is 0.782. The number of hydrogen-bond donors (Lipinski definition) is 0. The number of ether oxygens (including phenoxy) is 2. The van der Waals surface area contributed by atoms with Crippen LogP contribution in [-0.2, 0) is 9.47 Å². The Hall–Kier alpha value is -3.94. The lowest BCUT2D eigenvalue weighted by Crippen LogP contribution is -2.30. The number of imide groups is 1. The number of hydrogen-bond acceptors (Lipinski definition) is 6. The van der Waals surface area contributed by atoms with E-state index >= 15 is 0 Å². The van der Waals surface area contributed by atoms with Gasteiger partial charge in [-0.1, -0.05) is 18.2 Å². The van der Waals surface area contributed by atoms with Crippen LogP contribution in [-0.4, -0.2) is 41.9 Å². The maximum atomic E-state index is 13.2. The minimum absolute atomic E-state index is 0.0423. The summed E-state index contributed by atoms with van der Waals surface area (Å²) in [5.74, 6) is -2.53. The molecule has 1 aromatic carbocycles. The van der Waals surface area contributed by atoms with E-state index < -0.39 is 23.8 Å². The number of nitrogens with zero attached hydrogens (tertiary/aromatic N) is 2. The lowest BCUT2D eigenvalue weighted by molar-refractivity contribution is 0.0514. The number of carbonyl (C=O) groups is 4. The second-order valence-corrected chi connectivity index (χ2v) is 6.26. The van der Waals surface area contributed by atoms with Crippen molar-refractivity contribution in [3.8, 4) is 0 Å². The molecular formula is C21H16N2O6. The molecule has 0 aliphatic carbocycles. The van der Waals surface area contributed by atoms with Gasteiger partial charge in [0.15, 0.2) is 0 Å². The monoisotopic (exact) mass is 392 g/mol. The fourth-order valence-corrected chi connectivity index (χ4v) is 3.45. The van der Waals surface area contributed by atoms with Crippen LogP contribution in [0.2, 0.25) is 0 Å². The molecule has 0 bridgehead atoms. The van der Waals surface area contributed by atoms with Crippen molar-refractivity contribution in [3.63, 3.8) is 0 Å². The molecule has 0 saturated heterocycles. The summed E-state index contributed by atoms with van der Waals surface area (Å²) >= 11 is 0. The number of methoxy groups -OCH3 is 1. The average Bonchev–Trinajstić information content (AvgIpc) is 3.20. The van der Waals surface area contributed by atoms with E-state index in [2.05, 4.69) is 0 Å². The Balaban J connectivity index is 1.99. The first-order valence-corrected chi connectivity index (χ1v) is 8.87. The molecule has 2 amide bonds. The van der Waals surface area contributed by atoms with Gasteiger partial charge in [0.2, 0.25) is 0 Å². The van der Waals surface area contributed by atoms with Crippen molar-refractivity contribution in [1.82, 2.24) is 4.40 Å². The van der Waals surface area contributed by atoms with E-state index in [4.69, 9.17) is 9.47 Å². The van der Waals surface area contributed by atoms with E-state index in [-0.39, 0.29) is 34.5 Å². The van der Waals surface area contributed by atoms with Crippen LogP contribution in [0.15, 0.2) is 48.7 Å². The second kappa shape index (κ2) is 6.90. The van der Waals surface area contributed by atoms with Crippen molar-refractivity contribution in [3.05, 3.63) is 71.0 Å². The Labute approximate surface area is 165 Å². The first-order valence-electron chi connectivity index (χ1n) is 8.87. The van der Waals surface area contributed by atoms with Crippen LogP contribution in [0.5, 0.6) is 0 Å². The number of esters is 2. The summed E-state index contributed by atoms with van der Waals surface area (Å²) in [6.07, 6.45) is 1.44. The third-order valence-electron chi connectivity index (χ3n) is 4.68. The lowest BCUT2D eigenvalue weighted by Gasteiger charge is -2.15. The molecule has 8 heteroatoms. The van der Waals surface area contributed by atoms with Gasteiger partial charge in [-0.15, -0.1) is 0 Å². The molecule has 0 saturated carbocycles. The van der Waals surface area contributed by atoms with E-state index in [0.717, 1.165) is 4.90 Å². The summed E-state index contributed by atoms with van der Waals surface area (Å²) < 4.78 is 11.2. The van der Waals surface area contributed by atoms with Gasteiger partial charge >= 0.3 is 11.9 Å². The third-order valence-corrected chi connectivity index (χ3v) is 4.68. The number of anilines is 1. The molecule has 8 nitrogen and oxygen atoms in total. The molecule has 0 N–H and O–H groups in total. The summed E-state index contributed by atoms with van der Waals surface area (Å²) in [4.78, 5) is 52.0. The number of carbonyl (C=O) groups excluding carboxylic acids is 4. The minimum atomic E-state index is -0.731. The molecule has 2 aromatic heterocycles. The minimum Gasteiger partial charge on any atom is -0.465 e. The topological polar surface area (TPSA) is 94.4 Å². The van der Waals surface area contributed by atoms with Gasteiger partial charge in [0, 0.05) is 6.20 Å².